The van der Waals surface area contributed by atoms with Crippen LogP contribution in [0.1, 0.15) is 66.8 Å². The lowest BCUT2D eigenvalue weighted by Gasteiger charge is -2.18. The molecule has 0 radical (unpaired) electrons. The maximum Gasteiger partial charge on any atom is -0.00131 e. The summed E-state index contributed by atoms with van der Waals surface area (Å²) in [6, 6.07) is 66.8. The zero-order valence-electron chi connectivity index (χ0n) is 38.0. The average molecular weight is 841 g/mol. The van der Waals surface area contributed by atoms with Crippen molar-refractivity contribution in [2.45, 2.75) is 53.4 Å². The maximum atomic E-state index is 2.50. The number of fused-ring (bicyclic) bond motifs is 13. The minimum absolute atomic E-state index is 0.973. The molecule has 0 N–H and O–H groups in total. The van der Waals surface area contributed by atoms with Gasteiger partial charge >= 0.3 is 0 Å². The van der Waals surface area contributed by atoms with Crippen molar-refractivity contribution in [1.82, 2.24) is 0 Å². The molecule has 10 aromatic rings. The highest BCUT2D eigenvalue weighted by atomic mass is 14.3. The Morgan fingerprint density at radius 2 is 0.394 bits per heavy atom. The Morgan fingerprint density at radius 3 is 0.621 bits per heavy atom. The predicted molar refractivity (Wildman–Crippen MR) is 278 cm³/mol. The molecule has 14 rings (SSSR count). The molecule has 0 heteroatoms. The van der Waals surface area contributed by atoms with Gasteiger partial charge in [-0.15, -0.1) is 0 Å². The number of hydrogen-bond donors (Lipinski definition) is 0. The van der Waals surface area contributed by atoms with E-state index in [0.717, 1.165) is 25.7 Å². The van der Waals surface area contributed by atoms with Gasteiger partial charge < -0.3 is 0 Å². The van der Waals surface area contributed by atoms with Crippen molar-refractivity contribution in [1.29, 1.82) is 0 Å². The van der Waals surface area contributed by atoms with Gasteiger partial charge in [-0.05, 0) is 222 Å². The van der Waals surface area contributed by atoms with Crippen LogP contribution in [0.25, 0.3) is 99.8 Å². The first-order valence-electron chi connectivity index (χ1n) is 23.8. The van der Waals surface area contributed by atoms with Gasteiger partial charge in [-0.1, -0.05) is 168 Å². The van der Waals surface area contributed by atoms with E-state index < -0.39 is 0 Å². The summed E-state index contributed by atoms with van der Waals surface area (Å²) >= 11 is 0. The van der Waals surface area contributed by atoms with E-state index in [4.69, 9.17) is 0 Å². The lowest BCUT2D eigenvalue weighted by molar-refractivity contribution is 1.25. The molecule has 0 aliphatic heterocycles. The van der Waals surface area contributed by atoms with Crippen molar-refractivity contribution < 1.29 is 0 Å². The van der Waals surface area contributed by atoms with Gasteiger partial charge in [-0.25, -0.2) is 0 Å². The van der Waals surface area contributed by atoms with Crippen LogP contribution in [-0.4, -0.2) is 0 Å². The van der Waals surface area contributed by atoms with E-state index in [-0.39, 0.29) is 0 Å². The summed E-state index contributed by atoms with van der Waals surface area (Å²) in [5.74, 6) is 0. The fourth-order valence-electron chi connectivity index (χ4n) is 12.3. The van der Waals surface area contributed by atoms with Gasteiger partial charge in [0.1, 0.15) is 0 Å². The third-order valence-corrected chi connectivity index (χ3v) is 15.5. The highest BCUT2D eigenvalue weighted by Crippen LogP contribution is 2.48. The first-order chi connectivity index (χ1) is 32.2. The molecule has 0 spiro atoms. The van der Waals surface area contributed by atoms with Gasteiger partial charge in [0, 0.05) is 0 Å². The first-order valence-corrected chi connectivity index (χ1v) is 23.8. The Morgan fingerprint density at radius 1 is 0.197 bits per heavy atom. The van der Waals surface area contributed by atoms with E-state index >= 15 is 0 Å². The minimum Gasteiger partial charge on any atom is -0.0587 e. The number of hydrogen-bond acceptors (Lipinski definition) is 0. The molecular weight excluding hydrogens is 793 g/mol. The van der Waals surface area contributed by atoms with Gasteiger partial charge in [-0.2, -0.15) is 0 Å². The quantitative estimate of drug-likeness (QED) is 0.166. The molecule has 0 amide bonds. The predicted octanol–water partition coefficient (Wildman–Crippen LogP) is 17.0. The van der Waals surface area contributed by atoms with Gasteiger partial charge in [0.2, 0.25) is 0 Å². The molecule has 0 heterocycles. The van der Waals surface area contributed by atoms with E-state index in [2.05, 4.69) is 198 Å². The standard InChI is InChI=1S/C66H48/c1-37-5-13-55-47(21-37)29-51-25-41(9-17-59(51)55)63-33-45-35-65(43-11-19-61-53(27-43)31-49-23-39(3)7-15-57(49)61)66(44-12-20-62-54(28-44)32-50-24-40(4)8-16-58(50)62)36-46(45)34-64(63)42-10-18-60-52(26-42)30-48-22-38(2)6-14-56(48)60/h5-28,33-36H,29-32H2,1-4H3. The van der Waals surface area contributed by atoms with Crippen LogP contribution in [0.2, 0.25) is 0 Å². The Kier molecular flexibility index (Phi) is 8.01. The topological polar surface area (TPSA) is 0 Å². The van der Waals surface area contributed by atoms with E-state index in [1.165, 1.54) is 167 Å². The van der Waals surface area contributed by atoms with Gasteiger partial charge in [0.05, 0.1) is 0 Å². The van der Waals surface area contributed by atoms with Crippen molar-refractivity contribution in [3.8, 4) is 89.0 Å². The Labute approximate surface area is 387 Å². The molecule has 312 valence electrons. The largest absolute Gasteiger partial charge is 0.0587 e. The second-order valence-electron chi connectivity index (χ2n) is 20.0. The zero-order chi connectivity index (χ0) is 43.9. The maximum absolute atomic E-state index is 2.50. The molecule has 0 saturated carbocycles. The van der Waals surface area contributed by atoms with Crippen LogP contribution in [0.15, 0.2) is 170 Å². The molecule has 0 unspecified atom stereocenters. The van der Waals surface area contributed by atoms with Gasteiger partial charge in [0.25, 0.3) is 0 Å². The van der Waals surface area contributed by atoms with Crippen LogP contribution in [0.3, 0.4) is 0 Å². The normalized spacial score (nSPS) is 13.2. The molecule has 4 aliphatic rings. The minimum atomic E-state index is 0.973. The SMILES string of the molecule is Cc1ccc2c(c1)Cc1cc(-c3cc4cc(-c5ccc6c(c5)Cc5cc(C)ccc5-6)c(-c5ccc6c(c5)Cc5cc(C)ccc5-6)cc4cc3-c3ccc4c(c3)Cc3cc(C)ccc3-4)ccc1-2. The van der Waals surface area contributed by atoms with Crippen LogP contribution in [-0.2, 0) is 25.7 Å². The fraction of sp³-hybridized carbons (Fsp3) is 0.121. The molecule has 66 heavy (non-hydrogen) atoms. The second kappa shape index (κ2) is 14.0. The molecule has 0 bridgehead atoms. The van der Waals surface area contributed by atoms with Gasteiger partial charge in [0.15, 0.2) is 0 Å². The summed E-state index contributed by atoms with van der Waals surface area (Å²) in [4.78, 5) is 0. The lowest BCUT2D eigenvalue weighted by atomic mass is 9.85. The number of rotatable bonds is 4. The zero-order valence-corrected chi connectivity index (χ0v) is 38.0. The van der Waals surface area contributed by atoms with Crippen LogP contribution in [0.4, 0.5) is 0 Å². The molecule has 4 aliphatic carbocycles. The average Bonchev–Trinajstić information content (AvgIpc) is 4.08. The summed E-state index contributed by atoms with van der Waals surface area (Å²) in [7, 11) is 0. The summed E-state index contributed by atoms with van der Waals surface area (Å²) in [6.07, 6.45) is 3.89. The van der Waals surface area contributed by atoms with Crippen LogP contribution in [0.5, 0.6) is 0 Å². The van der Waals surface area contributed by atoms with E-state index in [9.17, 15) is 0 Å². The summed E-state index contributed by atoms with van der Waals surface area (Å²) in [6.45, 7) is 8.83. The smallest absolute Gasteiger partial charge is 0.00131 e. The molecule has 0 nitrogen and oxygen atoms in total. The van der Waals surface area contributed by atoms with E-state index in [1.54, 1.807) is 0 Å². The third-order valence-electron chi connectivity index (χ3n) is 15.5. The van der Waals surface area contributed by atoms with E-state index in [0.29, 0.717) is 0 Å². The highest BCUT2D eigenvalue weighted by molar-refractivity contribution is 6.03. The van der Waals surface area contributed by atoms with Crippen molar-refractivity contribution in [2.75, 3.05) is 0 Å². The number of benzene rings is 10. The summed E-state index contributed by atoms with van der Waals surface area (Å²) < 4.78 is 0. The Hall–Kier alpha value is -7.54. The van der Waals surface area contributed by atoms with Crippen molar-refractivity contribution >= 4 is 10.8 Å². The highest BCUT2D eigenvalue weighted by Gasteiger charge is 2.26. The Bertz CT molecular complexity index is 3300. The number of aryl methyl sites for hydroxylation is 4. The molecular formula is C66H48. The van der Waals surface area contributed by atoms with Crippen LogP contribution >= 0.6 is 0 Å². The molecule has 0 saturated heterocycles. The van der Waals surface area contributed by atoms with E-state index in [1.807, 2.05) is 0 Å². The summed E-state index contributed by atoms with van der Waals surface area (Å²) in [5, 5.41) is 2.53. The van der Waals surface area contributed by atoms with Gasteiger partial charge in [-0.3, -0.25) is 0 Å². The van der Waals surface area contributed by atoms with Crippen molar-refractivity contribution in [3.05, 3.63) is 237 Å². The monoisotopic (exact) mass is 840 g/mol. The second-order valence-corrected chi connectivity index (χ2v) is 20.0. The first kappa shape index (κ1) is 37.8. The van der Waals surface area contributed by atoms with Crippen molar-refractivity contribution in [3.63, 3.8) is 0 Å². The lowest BCUT2D eigenvalue weighted by Crippen LogP contribution is -1.93. The van der Waals surface area contributed by atoms with Crippen LogP contribution < -0.4 is 0 Å². The van der Waals surface area contributed by atoms with Crippen LogP contribution in [0, 0.1) is 27.7 Å². The molecule has 0 fully saturated rings. The fourth-order valence-corrected chi connectivity index (χ4v) is 12.3. The Balaban J connectivity index is 0.973. The summed E-state index contributed by atoms with van der Waals surface area (Å²) in [5.41, 5.74) is 37.9. The molecule has 0 aromatic heterocycles. The van der Waals surface area contributed by atoms with Crippen molar-refractivity contribution in [2.24, 2.45) is 0 Å². The molecule has 10 aromatic carbocycles. The third kappa shape index (κ3) is 5.84. The molecule has 0 atom stereocenters.